The molecule has 162 valence electrons. The third-order valence-electron chi connectivity index (χ3n) is 4.19. The number of hydrogen-bond acceptors (Lipinski definition) is 7. The summed E-state index contributed by atoms with van der Waals surface area (Å²) in [5.41, 5.74) is -1.46. The summed E-state index contributed by atoms with van der Waals surface area (Å²) in [6.45, 7) is -0.0960. The van der Waals surface area contributed by atoms with Crippen LogP contribution in [-0.2, 0) is 6.18 Å². The first-order chi connectivity index (χ1) is 14.6. The fraction of sp³-hybridized carbons (Fsp3) is 0.167. The Hall–Kier alpha value is -3.51. The molecule has 0 saturated carbocycles. The lowest BCUT2D eigenvalue weighted by Gasteiger charge is -2.14. The SMILES string of the molecule is O=c1c(Cl)c(NC[C@H](O)c2ccc([N+](=O)[O-])cc2)cnn1-c1ccc(C(F)(F)F)cn1. The summed E-state index contributed by atoms with van der Waals surface area (Å²) in [6.07, 6.45) is -3.91. The van der Waals surface area contributed by atoms with E-state index in [1.165, 1.54) is 24.3 Å². The van der Waals surface area contributed by atoms with E-state index in [0.29, 0.717) is 11.8 Å². The second-order valence-electron chi connectivity index (χ2n) is 6.24. The molecule has 0 radical (unpaired) electrons. The zero-order chi connectivity index (χ0) is 22.8. The number of nitro groups is 1. The van der Waals surface area contributed by atoms with Gasteiger partial charge in [-0.25, -0.2) is 4.98 Å². The van der Waals surface area contributed by atoms with E-state index < -0.39 is 28.3 Å². The van der Waals surface area contributed by atoms with Crippen LogP contribution in [-0.4, -0.2) is 31.3 Å². The predicted octanol–water partition coefficient (Wildman–Crippen LogP) is 3.35. The molecule has 13 heteroatoms. The first-order valence-corrected chi connectivity index (χ1v) is 8.93. The average Bonchev–Trinajstić information content (AvgIpc) is 2.74. The molecular formula is C18H13ClF3N5O4. The van der Waals surface area contributed by atoms with Crippen LogP contribution in [0.3, 0.4) is 0 Å². The van der Waals surface area contributed by atoms with Crippen LogP contribution in [0.2, 0.25) is 5.02 Å². The zero-order valence-electron chi connectivity index (χ0n) is 15.4. The zero-order valence-corrected chi connectivity index (χ0v) is 16.1. The molecule has 0 aliphatic rings. The number of aliphatic hydroxyl groups is 1. The van der Waals surface area contributed by atoms with Gasteiger partial charge in [-0.3, -0.25) is 14.9 Å². The lowest BCUT2D eigenvalue weighted by atomic mass is 10.1. The molecule has 0 amide bonds. The smallest absolute Gasteiger partial charge is 0.387 e. The molecule has 2 N–H and O–H groups in total. The van der Waals surface area contributed by atoms with Gasteiger partial charge in [-0.05, 0) is 29.8 Å². The summed E-state index contributed by atoms with van der Waals surface area (Å²) in [4.78, 5) is 26.1. The number of hydrogen-bond donors (Lipinski definition) is 2. The Morgan fingerprint density at radius 3 is 2.42 bits per heavy atom. The van der Waals surface area contributed by atoms with Gasteiger partial charge in [0.2, 0.25) is 0 Å². The molecule has 31 heavy (non-hydrogen) atoms. The molecule has 0 saturated heterocycles. The number of non-ortho nitro benzene ring substituents is 1. The van der Waals surface area contributed by atoms with Crippen LogP contribution < -0.4 is 10.9 Å². The molecule has 0 spiro atoms. The summed E-state index contributed by atoms with van der Waals surface area (Å²) in [7, 11) is 0. The third-order valence-corrected chi connectivity index (χ3v) is 4.55. The Labute approximate surface area is 176 Å². The summed E-state index contributed by atoms with van der Waals surface area (Å²) >= 11 is 6.04. The first kappa shape index (κ1) is 22.2. The molecular weight excluding hydrogens is 443 g/mol. The fourth-order valence-corrected chi connectivity index (χ4v) is 2.74. The van der Waals surface area contributed by atoms with Crippen molar-refractivity contribution in [2.24, 2.45) is 0 Å². The fourth-order valence-electron chi connectivity index (χ4n) is 2.54. The van der Waals surface area contributed by atoms with Crippen molar-refractivity contribution in [2.75, 3.05) is 11.9 Å². The number of nitro benzene ring substituents is 1. The van der Waals surface area contributed by atoms with E-state index in [0.717, 1.165) is 23.0 Å². The van der Waals surface area contributed by atoms with E-state index in [1.807, 2.05) is 0 Å². The normalized spacial score (nSPS) is 12.4. The van der Waals surface area contributed by atoms with Gasteiger partial charge in [0, 0.05) is 24.9 Å². The number of nitrogens with zero attached hydrogens (tertiary/aromatic N) is 4. The lowest BCUT2D eigenvalue weighted by molar-refractivity contribution is -0.384. The van der Waals surface area contributed by atoms with E-state index >= 15 is 0 Å². The predicted molar refractivity (Wildman–Crippen MR) is 104 cm³/mol. The number of anilines is 1. The largest absolute Gasteiger partial charge is 0.417 e. The first-order valence-electron chi connectivity index (χ1n) is 8.55. The maximum atomic E-state index is 12.6. The minimum absolute atomic E-state index is 0.0794. The Balaban J connectivity index is 1.74. The maximum Gasteiger partial charge on any atom is 0.417 e. The quantitative estimate of drug-likeness (QED) is 0.431. The van der Waals surface area contributed by atoms with Gasteiger partial charge in [0.05, 0.1) is 28.5 Å². The van der Waals surface area contributed by atoms with E-state index in [4.69, 9.17) is 11.6 Å². The van der Waals surface area contributed by atoms with Crippen LogP contribution in [0.5, 0.6) is 0 Å². The third kappa shape index (κ3) is 4.98. The van der Waals surface area contributed by atoms with Gasteiger partial charge in [-0.2, -0.15) is 23.0 Å². The molecule has 0 aliphatic heterocycles. The molecule has 0 fully saturated rings. The Morgan fingerprint density at radius 2 is 1.87 bits per heavy atom. The van der Waals surface area contributed by atoms with Crippen molar-refractivity contribution in [1.82, 2.24) is 14.8 Å². The highest BCUT2D eigenvalue weighted by Crippen LogP contribution is 2.28. The van der Waals surface area contributed by atoms with Crippen molar-refractivity contribution in [3.8, 4) is 5.82 Å². The van der Waals surface area contributed by atoms with Gasteiger partial charge in [-0.1, -0.05) is 11.6 Å². The van der Waals surface area contributed by atoms with Gasteiger partial charge in [0.25, 0.3) is 11.2 Å². The highest BCUT2D eigenvalue weighted by Gasteiger charge is 2.30. The molecule has 2 aromatic heterocycles. The van der Waals surface area contributed by atoms with Gasteiger partial charge in [0.1, 0.15) is 5.02 Å². The molecule has 0 unspecified atom stereocenters. The summed E-state index contributed by atoms with van der Waals surface area (Å²) in [5.74, 6) is -0.155. The van der Waals surface area contributed by atoms with Gasteiger partial charge >= 0.3 is 6.18 Å². The van der Waals surface area contributed by atoms with Gasteiger partial charge in [-0.15, -0.1) is 0 Å². The van der Waals surface area contributed by atoms with Gasteiger partial charge in [0.15, 0.2) is 5.82 Å². The second-order valence-corrected chi connectivity index (χ2v) is 6.62. The number of halogens is 4. The highest BCUT2D eigenvalue weighted by atomic mass is 35.5. The number of pyridine rings is 1. The average molecular weight is 456 g/mol. The van der Waals surface area contributed by atoms with Gasteiger partial charge < -0.3 is 10.4 Å². The number of alkyl halides is 3. The number of rotatable bonds is 6. The van der Waals surface area contributed by atoms with Crippen LogP contribution in [0.4, 0.5) is 24.5 Å². The summed E-state index contributed by atoms with van der Waals surface area (Å²) in [6, 6.07) is 7.00. The number of nitrogens with one attached hydrogen (secondary N) is 1. The van der Waals surface area contributed by atoms with E-state index in [9.17, 15) is 33.2 Å². The number of aliphatic hydroxyl groups excluding tert-OH is 1. The number of benzene rings is 1. The van der Waals surface area contributed by atoms with Crippen molar-refractivity contribution in [2.45, 2.75) is 12.3 Å². The monoisotopic (exact) mass is 455 g/mol. The van der Waals surface area contributed by atoms with Crippen LogP contribution >= 0.6 is 11.6 Å². The van der Waals surface area contributed by atoms with E-state index in [2.05, 4.69) is 15.4 Å². The van der Waals surface area contributed by atoms with Crippen molar-refractivity contribution < 1.29 is 23.2 Å². The molecule has 0 aliphatic carbocycles. The second kappa shape index (κ2) is 8.70. The molecule has 0 bridgehead atoms. The molecule has 1 aromatic carbocycles. The van der Waals surface area contributed by atoms with Crippen LogP contribution in [0, 0.1) is 10.1 Å². The highest BCUT2D eigenvalue weighted by molar-refractivity contribution is 6.32. The molecule has 1 atom stereocenters. The van der Waals surface area contributed by atoms with Crippen LogP contribution in [0.25, 0.3) is 5.82 Å². The van der Waals surface area contributed by atoms with Crippen molar-refractivity contribution in [3.05, 3.63) is 85.4 Å². The number of aromatic nitrogens is 3. The van der Waals surface area contributed by atoms with Crippen LogP contribution in [0.15, 0.2) is 53.6 Å². The summed E-state index contributed by atoms with van der Waals surface area (Å²) in [5, 5.41) is 27.2. The van der Waals surface area contributed by atoms with Crippen molar-refractivity contribution in [1.29, 1.82) is 0 Å². The molecule has 9 nitrogen and oxygen atoms in total. The molecule has 3 rings (SSSR count). The van der Waals surface area contributed by atoms with Crippen molar-refractivity contribution in [3.63, 3.8) is 0 Å². The standard InChI is InChI=1S/C18H13ClF3N5O4/c19-16-13(23-9-14(28)10-1-4-12(5-2-10)27(30)31)8-25-26(17(16)29)15-6-3-11(7-24-15)18(20,21)22/h1-8,14,23,28H,9H2/t14-/m0/s1. The lowest BCUT2D eigenvalue weighted by Crippen LogP contribution is -2.24. The maximum absolute atomic E-state index is 12.6. The topological polar surface area (TPSA) is 123 Å². The Morgan fingerprint density at radius 1 is 1.19 bits per heavy atom. The minimum Gasteiger partial charge on any atom is -0.387 e. The summed E-state index contributed by atoms with van der Waals surface area (Å²) < 4.78 is 38.7. The van der Waals surface area contributed by atoms with E-state index in [1.54, 1.807) is 0 Å². The Bertz CT molecular complexity index is 1150. The van der Waals surface area contributed by atoms with Crippen LogP contribution in [0.1, 0.15) is 17.2 Å². The molecule has 3 aromatic rings. The molecule has 2 heterocycles. The minimum atomic E-state index is -4.57. The van der Waals surface area contributed by atoms with Crippen molar-refractivity contribution >= 4 is 23.0 Å². The Kier molecular flexibility index (Phi) is 6.22. The van der Waals surface area contributed by atoms with E-state index in [-0.39, 0.29) is 28.8 Å².